The minimum Gasteiger partial charge on any atom is -0.395 e. The first kappa shape index (κ1) is 21.1. The molecule has 0 atom stereocenters. The highest BCUT2D eigenvalue weighted by Crippen LogP contribution is 2.33. The first-order valence-electron chi connectivity index (χ1n) is 8.44. The molecule has 0 spiro atoms. The molecular formula is C18H24N2O3S3. The molecule has 26 heavy (non-hydrogen) atoms. The van der Waals surface area contributed by atoms with E-state index in [-0.39, 0.29) is 24.0 Å². The van der Waals surface area contributed by atoms with Crippen LogP contribution < -0.4 is 0 Å². The van der Waals surface area contributed by atoms with Crippen LogP contribution in [-0.2, 0) is 9.59 Å². The van der Waals surface area contributed by atoms with E-state index < -0.39 is 0 Å². The van der Waals surface area contributed by atoms with Gasteiger partial charge in [0.25, 0.3) is 5.91 Å². The molecule has 0 aromatic carbocycles. The molecule has 2 rings (SSSR count). The molecule has 1 aliphatic rings. The van der Waals surface area contributed by atoms with Gasteiger partial charge in [0, 0.05) is 29.9 Å². The lowest BCUT2D eigenvalue weighted by Gasteiger charge is -2.35. The summed E-state index contributed by atoms with van der Waals surface area (Å²) in [4.78, 5) is 29.9. The van der Waals surface area contributed by atoms with Crippen LogP contribution in [0.15, 0.2) is 22.4 Å². The van der Waals surface area contributed by atoms with Crippen molar-refractivity contribution < 1.29 is 14.7 Å². The van der Waals surface area contributed by atoms with Crippen molar-refractivity contribution in [1.29, 1.82) is 0 Å². The SMILES string of the molecule is CC(C)(C)N(CCO)C(=O)CCCN1C(=O)C(=Cc2cccs2)SC1=S. The fourth-order valence-corrected chi connectivity index (χ4v) is 4.68. The van der Waals surface area contributed by atoms with Gasteiger partial charge in [0.1, 0.15) is 4.32 Å². The van der Waals surface area contributed by atoms with Gasteiger partial charge >= 0.3 is 0 Å². The quantitative estimate of drug-likeness (QED) is 0.550. The monoisotopic (exact) mass is 412 g/mol. The van der Waals surface area contributed by atoms with E-state index in [9.17, 15) is 14.7 Å². The number of rotatable bonds is 7. The number of thioether (sulfide) groups is 1. The number of aliphatic hydroxyl groups excluding tert-OH is 1. The van der Waals surface area contributed by atoms with Gasteiger partial charge in [-0.3, -0.25) is 14.5 Å². The van der Waals surface area contributed by atoms with Crippen LogP contribution in [0.2, 0.25) is 0 Å². The van der Waals surface area contributed by atoms with Crippen molar-refractivity contribution >= 4 is 57.5 Å². The Bertz CT molecular complexity index is 693. The van der Waals surface area contributed by atoms with Crippen molar-refractivity contribution in [3.63, 3.8) is 0 Å². The standard InChI is InChI=1S/C18H24N2O3S3/c1-18(2,3)20(9-10-21)15(22)7-4-8-19-16(23)14(26-17(19)24)12-13-6-5-11-25-13/h5-6,11-12,21H,4,7-10H2,1-3H3. The fraction of sp³-hybridized carbons (Fsp3) is 0.500. The summed E-state index contributed by atoms with van der Waals surface area (Å²) < 4.78 is 0.535. The van der Waals surface area contributed by atoms with Crippen molar-refractivity contribution in [2.24, 2.45) is 0 Å². The van der Waals surface area contributed by atoms with Gasteiger partial charge in [-0.05, 0) is 44.7 Å². The molecule has 2 amide bonds. The molecule has 1 aliphatic heterocycles. The van der Waals surface area contributed by atoms with Crippen LogP contribution in [0.5, 0.6) is 0 Å². The van der Waals surface area contributed by atoms with E-state index in [0.717, 1.165) is 4.88 Å². The molecule has 1 N–H and O–H groups in total. The number of hydrogen-bond donors (Lipinski definition) is 1. The second-order valence-electron chi connectivity index (χ2n) is 6.89. The smallest absolute Gasteiger partial charge is 0.266 e. The van der Waals surface area contributed by atoms with E-state index in [0.29, 0.717) is 35.2 Å². The number of aliphatic hydroxyl groups is 1. The van der Waals surface area contributed by atoms with E-state index in [1.165, 1.54) is 11.8 Å². The molecule has 0 radical (unpaired) electrons. The second kappa shape index (κ2) is 9.12. The molecule has 1 aromatic rings. The second-order valence-corrected chi connectivity index (χ2v) is 9.55. The summed E-state index contributed by atoms with van der Waals surface area (Å²) in [5.41, 5.74) is -0.342. The maximum absolute atomic E-state index is 12.5. The van der Waals surface area contributed by atoms with Crippen molar-refractivity contribution in [2.45, 2.75) is 39.2 Å². The predicted molar refractivity (Wildman–Crippen MR) is 112 cm³/mol. The largest absolute Gasteiger partial charge is 0.395 e. The molecule has 8 heteroatoms. The number of carbonyl (C=O) groups excluding carboxylic acids is 2. The zero-order valence-electron chi connectivity index (χ0n) is 15.2. The van der Waals surface area contributed by atoms with Crippen molar-refractivity contribution in [1.82, 2.24) is 9.80 Å². The summed E-state index contributed by atoms with van der Waals surface area (Å²) >= 11 is 8.20. The van der Waals surface area contributed by atoms with Crippen LogP contribution in [-0.4, -0.2) is 56.3 Å². The van der Waals surface area contributed by atoms with Crippen molar-refractivity contribution in [2.75, 3.05) is 19.7 Å². The number of amides is 2. The summed E-state index contributed by atoms with van der Waals surface area (Å²) in [6.45, 7) is 6.50. The summed E-state index contributed by atoms with van der Waals surface area (Å²) in [7, 11) is 0. The highest BCUT2D eigenvalue weighted by Gasteiger charge is 2.32. The van der Waals surface area contributed by atoms with E-state index in [4.69, 9.17) is 12.2 Å². The van der Waals surface area contributed by atoms with Crippen LogP contribution in [0.25, 0.3) is 6.08 Å². The lowest BCUT2D eigenvalue weighted by atomic mass is 10.0. The molecule has 2 heterocycles. The average molecular weight is 413 g/mol. The Hall–Kier alpha value is -1.22. The molecule has 0 bridgehead atoms. The highest BCUT2D eigenvalue weighted by molar-refractivity contribution is 8.26. The highest BCUT2D eigenvalue weighted by atomic mass is 32.2. The third-order valence-corrected chi connectivity index (χ3v) is 6.09. The van der Waals surface area contributed by atoms with Gasteiger partial charge < -0.3 is 10.0 Å². The first-order valence-corrected chi connectivity index (χ1v) is 10.5. The molecule has 1 aromatic heterocycles. The Labute approximate surface area is 168 Å². The Balaban J connectivity index is 1.92. The molecule has 0 aliphatic carbocycles. The van der Waals surface area contributed by atoms with E-state index in [1.807, 2.05) is 44.4 Å². The third-order valence-electron chi connectivity index (χ3n) is 3.90. The van der Waals surface area contributed by atoms with Crippen LogP contribution >= 0.6 is 35.3 Å². The van der Waals surface area contributed by atoms with Crippen molar-refractivity contribution in [3.05, 3.63) is 27.3 Å². The molecule has 0 saturated carbocycles. The molecule has 1 fully saturated rings. The lowest BCUT2D eigenvalue weighted by molar-refractivity contribution is -0.137. The van der Waals surface area contributed by atoms with Crippen LogP contribution in [0.1, 0.15) is 38.5 Å². The summed E-state index contributed by atoms with van der Waals surface area (Å²) in [5.74, 6) is -0.116. The van der Waals surface area contributed by atoms with E-state index >= 15 is 0 Å². The van der Waals surface area contributed by atoms with Crippen LogP contribution in [0, 0.1) is 0 Å². The Morgan fingerprint density at radius 2 is 2.15 bits per heavy atom. The lowest BCUT2D eigenvalue weighted by Crippen LogP contribution is -2.47. The summed E-state index contributed by atoms with van der Waals surface area (Å²) in [5, 5.41) is 11.1. The molecular weight excluding hydrogens is 388 g/mol. The van der Waals surface area contributed by atoms with Gasteiger partial charge in [0.2, 0.25) is 5.91 Å². The van der Waals surface area contributed by atoms with Gasteiger partial charge in [-0.1, -0.05) is 30.0 Å². The molecule has 0 unspecified atom stereocenters. The summed E-state index contributed by atoms with van der Waals surface area (Å²) in [6.07, 6.45) is 2.71. The number of β-amino-alcohol motifs (C(OH)–C–C–N with tert-alkyl or cyclic N) is 1. The number of nitrogens with zero attached hydrogens (tertiary/aromatic N) is 2. The Morgan fingerprint density at radius 1 is 1.42 bits per heavy atom. The van der Waals surface area contributed by atoms with Crippen molar-refractivity contribution in [3.8, 4) is 0 Å². The minimum atomic E-state index is -0.342. The molecule has 1 saturated heterocycles. The van der Waals surface area contributed by atoms with Gasteiger partial charge in [-0.2, -0.15) is 0 Å². The minimum absolute atomic E-state index is 0.0221. The average Bonchev–Trinajstić information content (AvgIpc) is 3.15. The predicted octanol–water partition coefficient (Wildman–Crippen LogP) is 3.35. The number of carbonyl (C=O) groups is 2. The Morgan fingerprint density at radius 3 is 2.73 bits per heavy atom. The zero-order chi connectivity index (χ0) is 19.3. The molecule has 5 nitrogen and oxygen atoms in total. The van der Waals surface area contributed by atoms with Gasteiger partial charge in [0.05, 0.1) is 11.5 Å². The summed E-state index contributed by atoms with van der Waals surface area (Å²) in [6, 6.07) is 3.90. The number of thiocarbonyl (C=S) groups is 1. The zero-order valence-corrected chi connectivity index (χ0v) is 17.7. The Kier molecular flexibility index (Phi) is 7.40. The topological polar surface area (TPSA) is 60.9 Å². The van der Waals surface area contributed by atoms with Crippen LogP contribution in [0.3, 0.4) is 0 Å². The van der Waals surface area contributed by atoms with Gasteiger partial charge in [0.15, 0.2) is 0 Å². The normalized spacial score (nSPS) is 16.6. The molecule has 142 valence electrons. The number of hydrogen-bond acceptors (Lipinski definition) is 6. The van der Waals surface area contributed by atoms with Gasteiger partial charge in [-0.15, -0.1) is 11.3 Å². The number of thiophene rings is 1. The van der Waals surface area contributed by atoms with E-state index in [2.05, 4.69) is 0 Å². The fourth-order valence-electron chi connectivity index (χ4n) is 2.65. The first-order chi connectivity index (χ1) is 12.2. The van der Waals surface area contributed by atoms with Crippen LogP contribution in [0.4, 0.5) is 0 Å². The van der Waals surface area contributed by atoms with E-state index in [1.54, 1.807) is 21.1 Å². The third kappa shape index (κ3) is 5.39. The maximum atomic E-state index is 12.5. The maximum Gasteiger partial charge on any atom is 0.266 e. The van der Waals surface area contributed by atoms with Gasteiger partial charge in [-0.25, -0.2) is 0 Å².